The molecule has 1 aliphatic heterocycles. The molecule has 1 amide bonds. The summed E-state index contributed by atoms with van der Waals surface area (Å²) in [5, 5.41) is 3.20. The topological polar surface area (TPSA) is 41.6 Å². The van der Waals surface area contributed by atoms with Crippen molar-refractivity contribution in [3.63, 3.8) is 0 Å². The number of ether oxygens (including phenoxy) is 1. The summed E-state index contributed by atoms with van der Waals surface area (Å²) in [6.45, 7) is 4.29. The molecule has 0 spiro atoms. The van der Waals surface area contributed by atoms with Gasteiger partial charge in [0.1, 0.15) is 5.75 Å². The maximum Gasteiger partial charge on any atom is 0.250 e. The highest BCUT2D eigenvalue weighted by Crippen LogP contribution is 2.32. The van der Waals surface area contributed by atoms with E-state index in [9.17, 15) is 4.79 Å². The van der Waals surface area contributed by atoms with Gasteiger partial charge in [-0.05, 0) is 31.4 Å². The average Bonchev–Trinajstić information content (AvgIpc) is 3.27. The summed E-state index contributed by atoms with van der Waals surface area (Å²) in [7, 11) is 1.68. The van der Waals surface area contributed by atoms with Gasteiger partial charge in [0.05, 0.1) is 7.11 Å². The van der Waals surface area contributed by atoms with Gasteiger partial charge in [-0.2, -0.15) is 0 Å². The van der Waals surface area contributed by atoms with Gasteiger partial charge in [-0.15, -0.1) is 0 Å². The van der Waals surface area contributed by atoms with Gasteiger partial charge in [0.25, 0.3) is 0 Å². The molecule has 1 saturated carbocycles. The molecule has 1 aromatic rings. The predicted molar refractivity (Wildman–Crippen MR) is 82.1 cm³/mol. The zero-order valence-corrected chi connectivity index (χ0v) is 12.7. The van der Waals surface area contributed by atoms with Crippen LogP contribution in [0.15, 0.2) is 35.4 Å². The minimum atomic E-state index is 0.180. The number of carbonyl (C=O) groups excluding carboxylic acids is 1. The number of benzene rings is 1. The number of hydrogen-bond acceptors (Lipinski definition) is 3. The van der Waals surface area contributed by atoms with Crippen molar-refractivity contribution in [3.05, 3.63) is 41.0 Å². The first kappa shape index (κ1) is 14.1. The predicted octanol–water partition coefficient (Wildman–Crippen LogP) is 2.11. The molecule has 4 heteroatoms. The lowest BCUT2D eigenvalue weighted by Gasteiger charge is -2.27. The first-order valence-corrected chi connectivity index (χ1v) is 7.53. The number of carbonyl (C=O) groups is 1. The zero-order valence-electron chi connectivity index (χ0n) is 12.7. The number of rotatable bonds is 5. The Labute approximate surface area is 125 Å². The van der Waals surface area contributed by atoms with Gasteiger partial charge in [0.2, 0.25) is 5.91 Å². The number of nitrogens with zero attached hydrogens (tertiary/aromatic N) is 1. The fourth-order valence-electron chi connectivity index (χ4n) is 2.65. The van der Waals surface area contributed by atoms with Crippen molar-refractivity contribution in [2.24, 2.45) is 0 Å². The van der Waals surface area contributed by atoms with Crippen LogP contribution in [0.5, 0.6) is 5.75 Å². The van der Waals surface area contributed by atoms with Crippen molar-refractivity contribution in [2.45, 2.75) is 32.4 Å². The molecule has 1 N–H and O–H groups in total. The molecule has 21 heavy (non-hydrogen) atoms. The van der Waals surface area contributed by atoms with E-state index in [-0.39, 0.29) is 5.91 Å². The Morgan fingerprint density at radius 1 is 1.33 bits per heavy atom. The van der Waals surface area contributed by atoms with Crippen molar-refractivity contribution >= 4 is 5.91 Å². The van der Waals surface area contributed by atoms with Crippen molar-refractivity contribution in [3.8, 4) is 5.75 Å². The van der Waals surface area contributed by atoms with Crippen molar-refractivity contribution in [1.82, 2.24) is 10.2 Å². The molecule has 3 rings (SSSR count). The molecular formula is C17H22N2O2. The summed E-state index contributed by atoms with van der Waals surface area (Å²) in [4.78, 5) is 14.8. The van der Waals surface area contributed by atoms with Gasteiger partial charge in [-0.25, -0.2) is 0 Å². The van der Waals surface area contributed by atoms with E-state index in [4.69, 9.17) is 4.74 Å². The van der Waals surface area contributed by atoms with E-state index in [2.05, 4.69) is 5.32 Å². The Morgan fingerprint density at radius 2 is 2.05 bits per heavy atom. The number of methoxy groups -OCH3 is 1. The first-order chi connectivity index (χ1) is 10.2. The van der Waals surface area contributed by atoms with Gasteiger partial charge in [0, 0.05) is 36.8 Å². The molecule has 1 aliphatic carbocycles. The van der Waals surface area contributed by atoms with E-state index >= 15 is 0 Å². The molecule has 0 aromatic heterocycles. The van der Waals surface area contributed by atoms with E-state index in [0.717, 1.165) is 42.8 Å². The van der Waals surface area contributed by atoms with Gasteiger partial charge in [0.15, 0.2) is 0 Å². The number of hydrogen-bond donors (Lipinski definition) is 1. The van der Waals surface area contributed by atoms with Gasteiger partial charge in [-0.1, -0.05) is 18.2 Å². The van der Waals surface area contributed by atoms with Crippen LogP contribution in [0.1, 0.15) is 25.3 Å². The molecule has 1 heterocycles. The Kier molecular flexibility index (Phi) is 3.97. The van der Waals surface area contributed by atoms with E-state index < -0.39 is 0 Å². The molecule has 0 atom stereocenters. The molecule has 112 valence electrons. The second-order valence-corrected chi connectivity index (χ2v) is 5.81. The summed E-state index contributed by atoms with van der Waals surface area (Å²) >= 11 is 0. The van der Waals surface area contributed by atoms with Gasteiger partial charge < -0.3 is 15.0 Å². The van der Waals surface area contributed by atoms with Crippen LogP contribution in [0.3, 0.4) is 0 Å². The van der Waals surface area contributed by atoms with Crippen molar-refractivity contribution in [1.29, 1.82) is 0 Å². The average molecular weight is 286 g/mol. The molecular weight excluding hydrogens is 264 g/mol. The van der Waals surface area contributed by atoms with Crippen molar-refractivity contribution < 1.29 is 9.53 Å². The minimum Gasteiger partial charge on any atom is -0.496 e. The lowest BCUT2D eigenvalue weighted by atomic mass is 10.0. The van der Waals surface area contributed by atoms with E-state index in [1.54, 1.807) is 7.11 Å². The summed E-state index contributed by atoms with van der Waals surface area (Å²) < 4.78 is 5.41. The van der Waals surface area contributed by atoms with Gasteiger partial charge in [-0.3, -0.25) is 4.79 Å². The lowest BCUT2D eigenvalue weighted by Crippen LogP contribution is -2.39. The van der Waals surface area contributed by atoms with Crippen LogP contribution in [-0.2, 0) is 11.3 Å². The Balaban J connectivity index is 1.80. The summed E-state index contributed by atoms with van der Waals surface area (Å²) in [5.74, 6) is 1.03. The summed E-state index contributed by atoms with van der Waals surface area (Å²) in [5.41, 5.74) is 3.23. The van der Waals surface area contributed by atoms with Crippen molar-refractivity contribution in [2.75, 3.05) is 20.2 Å². The number of nitrogens with one attached hydrogen (secondary N) is 1. The molecule has 0 bridgehead atoms. The smallest absolute Gasteiger partial charge is 0.250 e. The van der Waals surface area contributed by atoms with Crippen LogP contribution in [0.2, 0.25) is 0 Å². The minimum absolute atomic E-state index is 0.180. The first-order valence-electron chi connectivity index (χ1n) is 7.53. The monoisotopic (exact) mass is 286 g/mol. The Hall–Kier alpha value is -1.81. The number of para-hydroxylation sites is 1. The second kappa shape index (κ2) is 5.90. The fourth-order valence-corrected chi connectivity index (χ4v) is 2.65. The molecule has 0 unspecified atom stereocenters. The second-order valence-electron chi connectivity index (χ2n) is 5.81. The lowest BCUT2D eigenvalue weighted by molar-refractivity contribution is -0.128. The number of amides is 1. The van der Waals surface area contributed by atoms with Crippen LogP contribution >= 0.6 is 0 Å². The third-order valence-corrected chi connectivity index (χ3v) is 4.31. The standard InChI is InChI=1S/C17H22N2O2/c1-12(14-9-18-10-14)17(20)19(15-7-8-15)11-13-5-3-4-6-16(13)21-2/h3-6,15,18H,7-11H2,1-2H3. The summed E-state index contributed by atoms with van der Waals surface area (Å²) in [6.07, 6.45) is 2.23. The molecule has 2 aliphatic rings. The van der Waals surface area contributed by atoms with Crippen LogP contribution in [0, 0.1) is 0 Å². The van der Waals surface area contributed by atoms with Crippen LogP contribution in [-0.4, -0.2) is 37.0 Å². The molecule has 1 saturated heterocycles. The van der Waals surface area contributed by atoms with E-state index in [0.29, 0.717) is 12.6 Å². The Morgan fingerprint density at radius 3 is 2.62 bits per heavy atom. The molecule has 4 nitrogen and oxygen atoms in total. The highest BCUT2D eigenvalue weighted by molar-refractivity contribution is 5.94. The highest BCUT2D eigenvalue weighted by atomic mass is 16.5. The van der Waals surface area contributed by atoms with Crippen LogP contribution < -0.4 is 10.1 Å². The fraction of sp³-hybridized carbons (Fsp3) is 0.471. The van der Waals surface area contributed by atoms with E-state index in [1.807, 2.05) is 36.1 Å². The quantitative estimate of drug-likeness (QED) is 0.843. The third kappa shape index (κ3) is 2.95. The summed E-state index contributed by atoms with van der Waals surface area (Å²) in [6, 6.07) is 8.33. The maximum atomic E-state index is 12.8. The van der Waals surface area contributed by atoms with Crippen LogP contribution in [0.4, 0.5) is 0 Å². The highest BCUT2D eigenvalue weighted by Gasteiger charge is 2.34. The third-order valence-electron chi connectivity index (χ3n) is 4.31. The molecule has 1 aromatic carbocycles. The van der Waals surface area contributed by atoms with E-state index in [1.165, 1.54) is 5.57 Å². The molecule has 0 radical (unpaired) electrons. The Bertz CT molecular complexity index is 570. The molecule has 2 fully saturated rings. The normalized spacial score (nSPS) is 17.1. The zero-order chi connectivity index (χ0) is 14.8. The van der Waals surface area contributed by atoms with Gasteiger partial charge >= 0.3 is 0 Å². The SMILES string of the molecule is COc1ccccc1CN(C(=O)C(C)=C1CNC1)C1CC1. The maximum absolute atomic E-state index is 12.8. The largest absolute Gasteiger partial charge is 0.496 e. The van der Waals surface area contributed by atoms with Crippen LogP contribution in [0.25, 0.3) is 0 Å².